The minimum atomic E-state index is -0.972. The molecule has 3 heterocycles. The number of aromatic amines is 1. The largest absolute Gasteiger partial charge is 0.454 e. The molecule has 1 atom stereocenters. The number of hydrogen-bond donors (Lipinski definition) is 3. The van der Waals surface area contributed by atoms with E-state index in [9.17, 15) is 14.4 Å². The first kappa shape index (κ1) is 23.4. The molecule has 0 fully saturated rings. The average molecular weight is 506 g/mol. The molecular weight excluding hydrogens is 482 g/mol. The summed E-state index contributed by atoms with van der Waals surface area (Å²) >= 11 is 1.27. The zero-order valence-electron chi connectivity index (χ0n) is 19.1. The van der Waals surface area contributed by atoms with Crippen LogP contribution in [0.2, 0.25) is 0 Å². The van der Waals surface area contributed by atoms with Gasteiger partial charge in [-0.1, -0.05) is 30.3 Å². The van der Waals surface area contributed by atoms with Crippen molar-refractivity contribution < 1.29 is 28.6 Å². The van der Waals surface area contributed by atoms with E-state index >= 15 is 0 Å². The maximum atomic E-state index is 13.0. The van der Waals surface area contributed by atoms with Crippen LogP contribution < -0.4 is 20.1 Å². The van der Waals surface area contributed by atoms with Gasteiger partial charge in [-0.2, -0.15) is 0 Å². The molecule has 9 nitrogen and oxygen atoms in total. The lowest BCUT2D eigenvalue weighted by Gasteiger charge is -2.17. The predicted molar refractivity (Wildman–Crippen MR) is 133 cm³/mol. The quantitative estimate of drug-likeness (QED) is 0.301. The van der Waals surface area contributed by atoms with Crippen LogP contribution in [0.1, 0.15) is 20.8 Å². The fourth-order valence-corrected chi connectivity index (χ4v) is 4.52. The molecule has 0 saturated heterocycles. The molecule has 3 N–H and O–H groups in total. The summed E-state index contributed by atoms with van der Waals surface area (Å²) < 4.78 is 15.9. The Morgan fingerprint density at radius 1 is 1.06 bits per heavy atom. The van der Waals surface area contributed by atoms with E-state index in [0.717, 1.165) is 22.0 Å². The Labute approximate surface area is 210 Å². The van der Waals surface area contributed by atoms with E-state index in [-0.39, 0.29) is 25.7 Å². The van der Waals surface area contributed by atoms with Gasteiger partial charge in [0.15, 0.2) is 18.1 Å². The summed E-state index contributed by atoms with van der Waals surface area (Å²) in [5, 5.41) is 8.20. The van der Waals surface area contributed by atoms with Gasteiger partial charge in [-0.3, -0.25) is 9.59 Å². The number of aromatic nitrogens is 1. The Balaban J connectivity index is 1.21. The van der Waals surface area contributed by atoms with Crippen LogP contribution >= 0.6 is 11.3 Å². The van der Waals surface area contributed by atoms with E-state index in [1.165, 1.54) is 11.3 Å². The van der Waals surface area contributed by atoms with Crippen molar-refractivity contribution in [2.24, 2.45) is 0 Å². The molecule has 0 saturated carbocycles. The Kier molecular flexibility index (Phi) is 6.85. The summed E-state index contributed by atoms with van der Waals surface area (Å²) in [4.78, 5) is 41.6. The predicted octanol–water partition coefficient (Wildman–Crippen LogP) is 3.16. The van der Waals surface area contributed by atoms with Crippen molar-refractivity contribution in [2.45, 2.75) is 19.0 Å². The zero-order chi connectivity index (χ0) is 24.9. The lowest BCUT2D eigenvalue weighted by atomic mass is 10.0. The second-order valence-electron chi connectivity index (χ2n) is 8.14. The summed E-state index contributed by atoms with van der Waals surface area (Å²) in [6, 6.07) is 15.5. The number of hydrogen-bond acceptors (Lipinski definition) is 7. The van der Waals surface area contributed by atoms with Crippen molar-refractivity contribution in [1.29, 1.82) is 0 Å². The first-order chi connectivity index (χ1) is 17.6. The molecule has 184 valence electrons. The van der Waals surface area contributed by atoms with Gasteiger partial charge in [0.05, 0.1) is 4.88 Å². The number of benzene rings is 2. The van der Waals surface area contributed by atoms with Gasteiger partial charge < -0.3 is 29.8 Å². The standard InChI is InChI=1S/C26H23N3O6S/c30-24(28-12-16-7-8-21-22(10-16)35-15-34-21)14-33-26(32)20(29-25(31)23-6-3-9-36-23)11-17-13-27-19-5-2-1-4-18(17)19/h1-10,13,20,27H,11-12,14-15H2,(H,28,30)(H,29,31)/t20-/m1/s1. The number of H-pyrrole nitrogens is 1. The molecule has 1 aliphatic heterocycles. The second kappa shape index (κ2) is 10.5. The number of fused-ring (bicyclic) bond motifs is 2. The molecule has 1 aliphatic rings. The minimum Gasteiger partial charge on any atom is -0.454 e. The Hall–Kier alpha value is -4.31. The highest BCUT2D eigenvalue weighted by molar-refractivity contribution is 7.12. The number of amides is 2. The first-order valence-electron chi connectivity index (χ1n) is 11.3. The summed E-state index contributed by atoms with van der Waals surface area (Å²) in [5.74, 6) is -0.251. The monoisotopic (exact) mass is 505 g/mol. The fourth-order valence-electron chi connectivity index (χ4n) is 3.89. The number of esters is 1. The molecule has 0 spiro atoms. The van der Waals surface area contributed by atoms with E-state index in [1.54, 1.807) is 35.8 Å². The van der Waals surface area contributed by atoms with E-state index < -0.39 is 24.5 Å². The van der Waals surface area contributed by atoms with Gasteiger partial charge in [0.2, 0.25) is 6.79 Å². The third-order valence-electron chi connectivity index (χ3n) is 5.71. The summed E-state index contributed by atoms with van der Waals surface area (Å²) in [5.41, 5.74) is 2.60. The third kappa shape index (κ3) is 5.33. The Morgan fingerprint density at radius 2 is 1.92 bits per heavy atom. The van der Waals surface area contributed by atoms with E-state index in [4.69, 9.17) is 14.2 Å². The average Bonchev–Trinajstić information content (AvgIpc) is 3.66. The van der Waals surface area contributed by atoms with E-state index in [2.05, 4.69) is 15.6 Å². The molecule has 10 heteroatoms. The lowest BCUT2D eigenvalue weighted by Crippen LogP contribution is -2.44. The highest BCUT2D eigenvalue weighted by atomic mass is 32.1. The molecule has 0 unspecified atom stereocenters. The van der Waals surface area contributed by atoms with Crippen LogP contribution in [0.5, 0.6) is 11.5 Å². The van der Waals surface area contributed by atoms with E-state index in [1.807, 2.05) is 30.3 Å². The van der Waals surface area contributed by atoms with Crippen molar-refractivity contribution in [3.8, 4) is 11.5 Å². The van der Waals surface area contributed by atoms with Gasteiger partial charge >= 0.3 is 5.97 Å². The van der Waals surface area contributed by atoms with Crippen molar-refractivity contribution in [3.63, 3.8) is 0 Å². The summed E-state index contributed by atoms with van der Waals surface area (Å²) in [6.45, 7) is -0.0621. The van der Waals surface area contributed by atoms with Gasteiger partial charge in [0.25, 0.3) is 11.8 Å². The van der Waals surface area contributed by atoms with Crippen LogP contribution in [-0.2, 0) is 27.3 Å². The molecule has 4 aromatic rings. The van der Waals surface area contributed by atoms with Crippen LogP contribution in [0.4, 0.5) is 0 Å². The minimum absolute atomic E-state index is 0.170. The van der Waals surface area contributed by atoms with Crippen LogP contribution in [0.15, 0.2) is 66.2 Å². The van der Waals surface area contributed by atoms with Gasteiger partial charge in [-0.25, -0.2) is 4.79 Å². The van der Waals surface area contributed by atoms with Crippen LogP contribution in [0.25, 0.3) is 10.9 Å². The first-order valence-corrected chi connectivity index (χ1v) is 12.2. The van der Waals surface area contributed by atoms with Crippen molar-refractivity contribution in [2.75, 3.05) is 13.4 Å². The smallest absolute Gasteiger partial charge is 0.329 e. The fraction of sp³-hybridized carbons (Fsp3) is 0.192. The van der Waals surface area contributed by atoms with Gasteiger partial charge in [-0.15, -0.1) is 11.3 Å². The van der Waals surface area contributed by atoms with Crippen molar-refractivity contribution in [3.05, 3.63) is 82.2 Å². The molecule has 5 rings (SSSR count). The number of para-hydroxylation sites is 1. The number of ether oxygens (including phenoxy) is 3. The van der Waals surface area contributed by atoms with Gasteiger partial charge in [0, 0.05) is 30.1 Å². The molecule has 0 aliphatic carbocycles. The second-order valence-corrected chi connectivity index (χ2v) is 9.09. The van der Waals surface area contributed by atoms with Gasteiger partial charge in [-0.05, 0) is 40.8 Å². The molecule has 36 heavy (non-hydrogen) atoms. The SMILES string of the molecule is O=C(COC(=O)[C@@H](Cc1c[nH]c2ccccc12)NC(=O)c1cccs1)NCc1ccc2c(c1)OCO2. The molecule has 0 radical (unpaired) electrons. The third-order valence-corrected chi connectivity index (χ3v) is 6.57. The summed E-state index contributed by atoms with van der Waals surface area (Å²) in [7, 11) is 0. The number of rotatable bonds is 9. The highest BCUT2D eigenvalue weighted by Gasteiger charge is 2.26. The maximum absolute atomic E-state index is 13.0. The highest BCUT2D eigenvalue weighted by Crippen LogP contribution is 2.32. The van der Waals surface area contributed by atoms with Crippen LogP contribution in [0.3, 0.4) is 0 Å². The molecule has 0 bridgehead atoms. The number of carbonyl (C=O) groups is 3. The Bertz CT molecular complexity index is 1400. The number of nitrogens with one attached hydrogen (secondary N) is 3. The molecule has 2 aromatic carbocycles. The topological polar surface area (TPSA) is 119 Å². The molecule has 2 aromatic heterocycles. The number of thiophene rings is 1. The van der Waals surface area contributed by atoms with Crippen LogP contribution in [0, 0.1) is 0 Å². The zero-order valence-corrected chi connectivity index (χ0v) is 19.9. The normalized spacial score (nSPS) is 12.8. The molecule has 2 amide bonds. The number of carbonyl (C=O) groups excluding carboxylic acids is 3. The lowest BCUT2D eigenvalue weighted by molar-refractivity contribution is -0.150. The van der Waals surface area contributed by atoms with E-state index in [0.29, 0.717) is 16.4 Å². The van der Waals surface area contributed by atoms with Gasteiger partial charge in [0.1, 0.15) is 6.04 Å². The maximum Gasteiger partial charge on any atom is 0.329 e. The van der Waals surface area contributed by atoms with Crippen molar-refractivity contribution >= 4 is 40.0 Å². The Morgan fingerprint density at radius 3 is 2.78 bits per heavy atom. The van der Waals surface area contributed by atoms with Crippen molar-refractivity contribution in [1.82, 2.24) is 15.6 Å². The van der Waals surface area contributed by atoms with Crippen LogP contribution in [-0.4, -0.2) is 42.2 Å². The summed E-state index contributed by atoms with van der Waals surface area (Å²) in [6.07, 6.45) is 2.01. The molecular formula is C26H23N3O6S.